The predicted molar refractivity (Wildman–Crippen MR) is 45.3 cm³/mol. The van der Waals surface area contributed by atoms with Gasteiger partial charge in [0.15, 0.2) is 0 Å². The first-order valence-electron chi connectivity index (χ1n) is 3.60. The molecular formula is C7H7N5O. The molecule has 6 heteroatoms. The molecule has 0 saturated carbocycles. The Hall–Kier alpha value is -1.95. The van der Waals surface area contributed by atoms with Crippen molar-refractivity contribution in [1.82, 2.24) is 15.2 Å². The maximum atomic E-state index is 5.13. The average molecular weight is 177 g/mol. The molecule has 2 heterocycles. The Labute approximate surface area is 73.8 Å². The molecule has 0 atom stereocenters. The third kappa shape index (κ3) is 1.47. The van der Waals surface area contributed by atoms with Crippen LogP contribution in [0, 0.1) is 0 Å². The zero-order chi connectivity index (χ0) is 9.10. The third-order valence-corrected chi connectivity index (χ3v) is 1.48. The fourth-order valence-electron chi connectivity index (χ4n) is 0.893. The van der Waals surface area contributed by atoms with Crippen LogP contribution in [0.1, 0.15) is 0 Å². The van der Waals surface area contributed by atoms with E-state index in [1.54, 1.807) is 24.5 Å². The van der Waals surface area contributed by atoms with E-state index in [0.29, 0.717) is 5.89 Å². The number of hydrogen-bond donors (Lipinski definition) is 2. The molecular weight excluding hydrogens is 170 g/mol. The van der Waals surface area contributed by atoms with E-state index in [1.807, 2.05) is 0 Å². The highest BCUT2D eigenvalue weighted by Crippen LogP contribution is 2.17. The normalized spacial score (nSPS) is 9.92. The van der Waals surface area contributed by atoms with Crippen LogP contribution < -0.4 is 11.3 Å². The number of rotatable bonds is 2. The first-order valence-corrected chi connectivity index (χ1v) is 3.60. The van der Waals surface area contributed by atoms with Crippen molar-refractivity contribution in [2.24, 2.45) is 5.84 Å². The van der Waals surface area contributed by atoms with E-state index in [4.69, 9.17) is 10.3 Å². The summed E-state index contributed by atoms with van der Waals surface area (Å²) in [6, 6.07) is 3.73. The van der Waals surface area contributed by atoms with Gasteiger partial charge in [-0.25, -0.2) is 5.84 Å². The molecule has 0 aliphatic heterocycles. The molecule has 0 saturated heterocycles. The minimum Gasteiger partial charge on any atom is -0.402 e. The predicted octanol–water partition coefficient (Wildman–Crippen LogP) is 0.417. The maximum Gasteiger partial charge on any atom is 0.330 e. The molecule has 13 heavy (non-hydrogen) atoms. The van der Waals surface area contributed by atoms with Crippen molar-refractivity contribution in [1.29, 1.82) is 0 Å². The van der Waals surface area contributed by atoms with Gasteiger partial charge in [-0.3, -0.25) is 10.4 Å². The fraction of sp³-hybridized carbons (Fsp3) is 0. The van der Waals surface area contributed by atoms with Gasteiger partial charge in [0.1, 0.15) is 0 Å². The van der Waals surface area contributed by atoms with Gasteiger partial charge in [0.05, 0.1) is 0 Å². The van der Waals surface area contributed by atoms with Crippen LogP contribution in [0.25, 0.3) is 11.5 Å². The SMILES string of the molecule is NNc1nnc(-c2ccncc2)o1. The summed E-state index contributed by atoms with van der Waals surface area (Å²) in [7, 11) is 0. The lowest BCUT2D eigenvalue weighted by atomic mass is 10.3. The van der Waals surface area contributed by atoms with E-state index in [1.165, 1.54) is 0 Å². The Kier molecular flexibility index (Phi) is 1.89. The Morgan fingerprint density at radius 3 is 2.62 bits per heavy atom. The molecule has 2 aromatic rings. The number of hydrogen-bond acceptors (Lipinski definition) is 6. The summed E-state index contributed by atoms with van der Waals surface area (Å²) in [5, 5.41) is 7.41. The molecule has 0 bridgehead atoms. The number of nitrogens with two attached hydrogens (primary N) is 1. The minimum absolute atomic E-state index is 0.187. The molecule has 6 nitrogen and oxygen atoms in total. The number of pyridine rings is 1. The molecule has 66 valence electrons. The van der Waals surface area contributed by atoms with Gasteiger partial charge >= 0.3 is 6.01 Å². The van der Waals surface area contributed by atoms with Crippen LogP contribution in [0.3, 0.4) is 0 Å². The molecule has 0 spiro atoms. The van der Waals surface area contributed by atoms with Crippen molar-refractivity contribution in [3.05, 3.63) is 24.5 Å². The zero-order valence-electron chi connectivity index (χ0n) is 6.64. The van der Waals surface area contributed by atoms with Crippen LogP contribution in [0.4, 0.5) is 6.01 Å². The summed E-state index contributed by atoms with van der Waals surface area (Å²) < 4.78 is 5.13. The van der Waals surface area contributed by atoms with Crippen molar-refractivity contribution < 1.29 is 4.42 Å². The summed E-state index contributed by atoms with van der Waals surface area (Å²) in [5.74, 6) is 5.49. The smallest absolute Gasteiger partial charge is 0.330 e. The fourth-order valence-corrected chi connectivity index (χ4v) is 0.893. The number of nitrogen functional groups attached to an aromatic ring is 1. The number of nitrogens with zero attached hydrogens (tertiary/aromatic N) is 3. The zero-order valence-corrected chi connectivity index (χ0v) is 6.64. The molecule has 0 aliphatic rings. The Morgan fingerprint density at radius 2 is 2.00 bits per heavy atom. The standard InChI is InChI=1S/C7H7N5O/c8-10-7-12-11-6(13-7)5-1-3-9-4-2-5/h1-4H,8H2,(H,10,12). The van der Waals surface area contributed by atoms with Crippen molar-refractivity contribution in [3.63, 3.8) is 0 Å². The lowest BCUT2D eigenvalue weighted by Gasteiger charge is -1.91. The van der Waals surface area contributed by atoms with E-state index >= 15 is 0 Å². The maximum absolute atomic E-state index is 5.13. The molecule has 0 amide bonds. The van der Waals surface area contributed by atoms with Crippen LogP contribution in [-0.2, 0) is 0 Å². The van der Waals surface area contributed by atoms with Crippen LogP contribution in [0.15, 0.2) is 28.9 Å². The van der Waals surface area contributed by atoms with Gasteiger partial charge in [-0.05, 0) is 12.1 Å². The molecule has 0 fully saturated rings. The second kappa shape index (κ2) is 3.20. The van der Waals surface area contributed by atoms with Gasteiger partial charge in [-0.2, -0.15) is 0 Å². The van der Waals surface area contributed by atoms with E-state index in [9.17, 15) is 0 Å². The molecule has 0 aromatic carbocycles. The van der Waals surface area contributed by atoms with Crippen LogP contribution in [-0.4, -0.2) is 15.2 Å². The monoisotopic (exact) mass is 177 g/mol. The molecule has 0 unspecified atom stereocenters. The first-order chi connectivity index (χ1) is 6.40. The van der Waals surface area contributed by atoms with E-state index in [0.717, 1.165) is 5.56 Å². The summed E-state index contributed by atoms with van der Waals surface area (Å²) in [6.45, 7) is 0. The number of anilines is 1. The van der Waals surface area contributed by atoms with Crippen LogP contribution in [0.2, 0.25) is 0 Å². The highest BCUT2D eigenvalue weighted by molar-refractivity contribution is 5.51. The van der Waals surface area contributed by atoms with E-state index in [2.05, 4.69) is 20.6 Å². The Balaban J connectivity index is 2.36. The largest absolute Gasteiger partial charge is 0.402 e. The molecule has 2 rings (SSSR count). The summed E-state index contributed by atoms with van der Waals surface area (Å²) in [4.78, 5) is 3.87. The second-order valence-electron chi connectivity index (χ2n) is 2.29. The quantitative estimate of drug-likeness (QED) is 0.510. The molecule has 2 aromatic heterocycles. The van der Waals surface area contributed by atoms with Gasteiger partial charge in [0.2, 0.25) is 5.89 Å². The van der Waals surface area contributed by atoms with Gasteiger partial charge in [-0.15, -0.1) is 5.10 Å². The Morgan fingerprint density at radius 1 is 1.23 bits per heavy atom. The van der Waals surface area contributed by atoms with Crippen molar-refractivity contribution in [3.8, 4) is 11.5 Å². The third-order valence-electron chi connectivity index (χ3n) is 1.48. The number of hydrazine groups is 1. The highest BCUT2D eigenvalue weighted by atomic mass is 16.4. The lowest BCUT2D eigenvalue weighted by Crippen LogP contribution is -2.06. The first kappa shape index (κ1) is 7.69. The van der Waals surface area contributed by atoms with Crippen LogP contribution >= 0.6 is 0 Å². The summed E-state index contributed by atoms with van der Waals surface area (Å²) in [6.07, 6.45) is 3.30. The molecule has 0 radical (unpaired) electrons. The summed E-state index contributed by atoms with van der Waals surface area (Å²) >= 11 is 0. The van der Waals surface area contributed by atoms with Gasteiger partial charge in [-0.1, -0.05) is 5.10 Å². The Bertz CT molecular complexity index is 385. The van der Waals surface area contributed by atoms with Crippen molar-refractivity contribution in [2.45, 2.75) is 0 Å². The van der Waals surface area contributed by atoms with Gasteiger partial charge in [0, 0.05) is 18.0 Å². The van der Waals surface area contributed by atoms with E-state index < -0.39 is 0 Å². The average Bonchev–Trinajstić information content (AvgIpc) is 2.67. The highest BCUT2D eigenvalue weighted by Gasteiger charge is 2.05. The summed E-state index contributed by atoms with van der Waals surface area (Å²) in [5.41, 5.74) is 3.07. The molecule has 0 aliphatic carbocycles. The van der Waals surface area contributed by atoms with Crippen molar-refractivity contribution >= 4 is 6.01 Å². The minimum atomic E-state index is 0.187. The van der Waals surface area contributed by atoms with Gasteiger partial charge in [0.25, 0.3) is 0 Å². The van der Waals surface area contributed by atoms with Gasteiger partial charge < -0.3 is 4.42 Å². The lowest BCUT2D eigenvalue weighted by molar-refractivity contribution is 0.582. The van der Waals surface area contributed by atoms with Crippen LogP contribution in [0.5, 0.6) is 0 Å². The van der Waals surface area contributed by atoms with Crippen molar-refractivity contribution in [2.75, 3.05) is 5.43 Å². The number of nitrogens with one attached hydrogen (secondary N) is 1. The second-order valence-corrected chi connectivity index (χ2v) is 2.29. The van der Waals surface area contributed by atoms with E-state index in [-0.39, 0.29) is 6.01 Å². The molecule has 3 N–H and O–H groups in total. The topological polar surface area (TPSA) is 89.9 Å². The number of aromatic nitrogens is 3.